The molecule has 0 saturated carbocycles. The second-order valence-electron chi connectivity index (χ2n) is 5.31. The summed E-state index contributed by atoms with van der Waals surface area (Å²) < 4.78 is 31.0. The monoisotopic (exact) mass is 332 g/mol. The van der Waals surface area contributed by atoms with Crippen molar-refractivity contribution in [3.63, 3.8) is 0 Å². The predicted octanol–water partition coefficient (Wildman–Crippen LogP) is 3.60. The number of hydrogen-bond acceptors (Lipinski definition) is 3. The molecule has 0 fully saturated rings. The van der Waals surface area contributed by atoms with Crippen LogP contribution in [0.2, 0.25) is 0 Å². The number of alkyl halides is 2. The number of rotatable bonds is 3. The first kappa shape index (κ1) is 15.9. The van der Waals surface area contributed by atoms with Gasteiger partial charge in [0.1, 0.15) is 0 Å². The highest BCUT2D eigenvalue weighted by atomic mass is 19.3. The minimum atomic E-state index is -2.62. The maximum absolute atomic E-state index is 12.7. The Morgan fingerprint density at radius 2 is 2.00 bits per heavy atom. The van der Waals surface area contributed by atoms with E-state index in [9.17, 15) is 18.4 Å². The molecule has 2 aromatic rings. The fraction of sp³-hybridized carbons (Fsp3) is 0.176. The minimum absolute atomic E-state index is 0.181. The quantitative estimate of drug-likeness (QED) is 0.902. The Hall–Kier alpha value is -2.96. The average molecular weight is 332 g/mol. The molecule has 0 aromatic heterocycles. The predicted molar refractivity (Wildman–Crippen MR) is 84.5 cm³/mol. The summed E-state index contributed by atoms with van der Waals surface area (Å²) in [6, 6.07) is 10.2. The van der Waals surface area contributed by atoms with E-state index in [1.54, 1.807) is 19.1 Å². The zero-order chi connectivity index (χ0) is 17.3. The van der Waals surface area contributed by atoms with Crippen molar-refractivity contribution in [2.75, 3.05) is 10.6 Å². The van der Waals surface area contributed by atoms with Crippen molar-refractivity contribution in [3.8, 4) is 5.75 Å². The molecule has 1 heterocycles. The van der Waals surface area contributed by atoms with Gasteiger partial charge in [-0.2, -0.15) is 0 Å². The second-order valence-corrected chi connectivity index (χ2v) is 5.31. The highest BCUT2D eigenvalue weighted by Crippen LogP contribution is 2.34. The van der Waals surface area contributed by atoms with Gasteiger partial charge in [0.2, 0.25) is 0 Å². The van der Waals surface area contributed by atoms with E-state index in [1.165, 1.54) is 30.3 Å². The Morgan fingerprint density at radius 1 is 1.25 bits per heavy atom. The Balaban J connectivity index is 1.88. The van der Waals surface area contributed by atoms with Gasteiger partial charge in [0.15, 0.2) is 11.9 Å². The Kier molecular flexibility index (Phi) is 4.16. The SMILES string of the molecule is CC1Oc2c(cccc2C(=O)Nc2cccc(C(F)F)c2)NC1=O. The number of carbonyl (C=O) groups is 2. The Bertz CT molecular complexity index is 808. The van der Waals surface area contributed by atoms with Crippen LogP contribution in [0.4, 0.5) is 20.2 Å². The number of nitrogens with one attached hydrogen (secondary N) is 2. The van der Waals surface area contributed by atoms with Gasteiger partial charge in [-0.1, -0.05) is 18.2 Å². The molecule has 7 heteroatoms. The van der Waals surface area contributed by atoms with Crippen molar-refractivity contribution in [1.29, 1.82) is 0 Å². The maximum Gasteiger partial charge on any atom is 0.265 e. The minimum Gasteiger partial charge on any atom is -0.478 e. The largest absolute Gasteiger partial charge is 0.478 e. The summed E-state index contributed by atoms with van der Waals surface area (Å²) in [6.07, 6.45) is -3.35. The maximum atomic E-state index is 12.7. The van der Waals surface area contributed by atoms with Gasteiger partial charge in [-0.15, -0.1) is 0 Å². The molecule has 2 amide bonds. The number of fused-ring (bicyclic) bond motifs is 1. The molecular formula is C17H14F2N2O3. The molecule has 1 unspecified atom stereocenters. The molecule has 2 N–H and O–H groups in total. The zero-order valence-corrected chi connectivity index (χ0v) is 12.7. The summed E-state index contributed by atoms with van der Waals surface area (Å²) in [4.78, 5) is 24.1. The molecule has 24 heavy (non-hydrogen) atoms. The molecule has 1 aliphatic rings. The van der Waals surface area contributed by atoms with Crippen molar-refractivity contribution < 1.29 is 23.1 Å². The van der Waals surface area contributed by atoms with Crippen LogP contribution >= 0.6 is 0 Å². The topological polar surface area (TPSA) is 67.4 Å². The lowest BCUT2D eigenvalue weighted by Gasteiger charge is -2.25. The van der Waals surface area contributed by atoms with Crippen LogP contribution in [0.5, 0.6) is 5.75 Å². The lowest BCUT2D eigenvalue weighted by molar-refractivity contribution is -0.122. The zero-order valence-electron chi connectivity index (χ0n) is 12.7. The molecule has 124 valence electrons. The van der Waals surface area contributed by atoms with Crippen LogP contribution in [0.1, 0.15) is 29.3 Å². The number of benzene rings is 2. The molecule has 0 radical (unpaired) electrons. The Morgan fingerprint density at radius 3 is 2.75 bits per heavy atom. The van der Waals surface area contributed by atoms with Crippen LogP contribution in [0.25, 0.3) is 0 Å². The molecule has 0 aliphatic carbocycles. The van der Waals surface area contributed by atoms with E-state index < -0.39 is 18.4 Å². The van der Waals surface area contributed by atoms with Gasteiger partial charge in [0.25, 0.3) is 18.2 Å². The van der Waals surface area contributed by atoms with Crippen LogP contribution in [-0.2, 0) is 4.79 Å². The van der Waals surface area contributed by atoms with Crippen LogP contribution in [-0.4, -0.2) is 17.9 Å². The standard InChI is InChI=1S/C17H14F2N2O3/c1-9-16(22)21-13-7-3-6-12(14(13)24-9)17(23)20-11-5-2-4-10(8-11)15(18)19/h2-9,15H,1H3,(H,20,23)(H,21,22). The summed E-state index contributed by atoms with van der Waals surface area (Å²) in [5.41, 5.74) is 0.678. The number of para-hydroxylation sites is 1. The first-order valence-electron chi connectivity index (χ1n) is 7.25. The van der Waals surface area contributed by atoms with Gasteiger partial charge >= 0.3 is 0 Å². The van der Waals surface area contributed by atoms with E-state index in [1.807, 2.05) is 0 Å². The van der Waals surface area contributed by atoms with E-state index >= 15 is 0 Å². The van der Waals surface area contributed by atoms with Gasteiger partial charge in [0, 0.05) is 11.3 Å². The molecule has 1 atom stereocenters. The van der Waals surface area contributed by atoms with Crippen molar-refractivity contribution in [1.82, 2.24) is 0 Å². The van der Waals surface area contributed by atoms with E-state index in [-0.39, 0.29) is 28.5 Å². The molecule has 3 rings (SSSR count). The molecule has 1 aliphatic heterocycles. The number of anilines is 2. The number of ether oxygens (including phenoxy) is 1. The van der Waals surface area contributed by atoms with Gasteiger partial charge in [0.05, 0.1) is 11.3 Å². The van der Waals surface area contributed by atoms with E-state index in [4.69, 9.17) is 4.74 Å². The van der Waals surface area contributed by atoms with Crippen LogP contribution in [0.3, 0.4) is 0 Å². The van der Waals surface area contributed by atoms with Crippen molar-refractivity contribution in [2.24, 2.45) is 0 Å². The van der Waals surface area contributed by atoms with E-state index in [0.29, 0.717) is 5.69 Å². The molecule has 0 spiro atoms. The molecular weight excluding hydrogens is 318 g/mol. The fourth-order valence-electron chi connectivity index (χ4n) is 2.36. The highest BCUT2D eigenvalue weighted by molar-refractivity contribution is 6.09. The smallest absolute Gasteiger partial charge is 0.265 e. The van der Waals surface area contributed by atoms with E-state index in [2.05, 4.69) is 10.6 Å². The third-order valence-electron chi connectivity index (χ3n) is 3.58. The lowest BCUT2D eigenvalue weighted by atomic mass is 10.1. The second kappa shape index (κ2) is 6.27. The highest BCUT2D eigenvalue weighted by Gasteiger charge is 2.27. The first-order valence-corrected chi connectivity index (χ1v) is 7.25. The first-order chi connectivity index (χ1) is 11.5. The summed E-state index contributed by atoms with van der Waals surface area (Å²) in [5, 5.41) is 5.21. The number of carbonyl (C=O) groups excluding carboxylic acids is 2. The number of hydrogen-bond donors (Lipinski definition) is 2. The fourth-order valence-corrected chi connectivity index (χ4v) is 2.36. The molecule has 0 saturated heterocycles. The average Bonchev–Trinajstić information content (AvgIpc) is 2.55. The third-order valence-corrected chi connectivity index (χ3v) is 3.58. The summed E-state index contributed by atoms with van der Waals surface area (Å²) in [6.45, 7) is 1.57. The Labute approximate surface area is 136 Å². The van der Waals surface area contributed by atoms with Crippen molar-refractivity contribution in [3.05, 3.63) is 53.6 Å². The normalized spacial score (nSPS) is 16.2. The van der Waals surface area contributed by atoms with Crippen LogP contribution in [0, 0.1) is 0 Å². The molecule has 0 bridgehead atoms. The van der Waals surface area contributed by atoms with Crippen LogP contribution in [0.15, 0.2) is 42.5 Å². The van der Waals surface area contributed by atoms with Gasteiger partial charge in [-0.05, 0) is 31.2 Å². The van der Waals surface area contributed by atoms with E-state index in [0.717, 1.165) is 0 Å². The van der Waals surface area contributed by atoms with Gasteiger partial charge < -0.3 is 15.4 Å². The summed E-state index contributed by atoms with van der Waals surface area (Å²) in [7, 11) is 0. The summed E-state index contributed by atoms with van der Waals surface area (Å²) >= 11 is 0. The number of halogens is 2. The van der Waals surface area contributed by atoms with Crippen molar-refractivity contribution in [2.45, 2.75) is 19.5 Å². The third kappa shape index (κ3) is 3.05. The lowest BCUT2D eigenvalue weighted by Crippen LogP contribution is -2.35. The molecule has 5 nitrogen and oxygen atoms in total. The molecule has 2 aromatic carbocycles. The number of amides is 2. The van der Waals surface area contributed by atoms with Crippen LogP contribution < -0.4 is 15.4 Å². The van der Waals surface area contributed by atoms with Gasteiger partial charge in [-0.25, -0.2) is 8.78 Å². The van der Waals surface area contributed by atoms with Gasteiger partial charge in [-0.3, -0.25) is 9.59 Å². The van der Waals surface area contributed by atoms with Crippen molar-refractivity contribution >= 4 is 23.2 Å². The summed E-state index contributed by atoms with van der Waals surface area (Å²) in [5.74, 6) is -0.557.